The van der Waals surface area contributed by atoms with E-state index in [0.29, 0.717) is 6.54 Å². The van der Waals surface area contributed by atoms with Gasteiger partial charge in [0.25, 0.3) is 5.91 Å². The van der Waals surface area contributed by atoms with Crippen LogP contribution in [0.2, 0.25) is 0 Å². The molecule has 0 saturated heterocycles. The van der Waals surface area contributed by atoms with Crippen LogP contribution >= 0.6 is 0 Å². The lowest BCUT2D eigenvalue weighted by Crippen LogP contribution is -2.35. The summed E-state index contributed by atoms with van der Waals surface area (Å²) in [4.78, 5) is 11.8. The summed E-state index contributed by atoms with van der Waals surface area (Å²) in [5.41, 5.74) is 2.13. The maximum atomic E-state index is 11.8. The van der Waals surface area contributed by atoms with Crippen molar-refractivity contribution in [1.29, 1.82) is 0 Å². The van der Waals surface area contributed by atoms with Crippen molar-refractivity contribution in [2.24, 2.45) is 5.92 Å². The van der Waals surface area contributed by atoms with Crippen LogP contribution in [0.5, 0.6) is 5.75 Å². The fraction of sp³-hybridized carbons (Fsp3) is 0.562. The number of nitrogens with one attached hydrogen (secondary N) is 1. The minimum absolute atomic E-state index is 0.0209. The molecule has 0 radical (unpaired) electrons. The summed E-state index contributed by atoms with van der Waals surface area (Å²) in [6, 6.07) is 5.94. The lowest BCUT2D eigenvalue weighted by molar-refractivity contribution is -0.123. The molecule has 1 aliphatic rings. The Morgan fingerprint density at radius 3 is 2.90 bits per heavy atom. The molecule has 0 aliphatic heterocycles. The van der Waals surface area contributed by atoms with E-state index >= 15 is 0 Å². The van der Waals surface area contributed by atoms with E-state index in [9.17, 15) is 9.90 Å². The Morgan fingerprint density at radius 1 is 1.40 bits per heavy atom. The molecule has 1 saturated carbocycles. The highest BCUT2D eigenvalue weighted by atomic mass is 16.5. The number of rotatable bonds is 5. The van der Waals surface area contributed by atoms with E-state index in [4.69, 9.17) is 4.74 Å². The van der Waals surface area contributed by atoms with Crippen LogP contribution in [-0.4, -0.2) is 30.3 Å². The Morgan fingerprint density at radius 2 is 2.20 bits per heavy atom. The lowest BCUT2D eigenvalue weighted by atomic mass is 10.1. The zero-order chi connectivity index (χ0) is 14.5. The van der Waals surface area contributed by atoms with Gasteiger partial charge in [-0.3, -0.25) is 4.79 Å². The fourth-order valence-corrected chi connectivity index (χ4v) is 2.56. The molecule has 0 heterocycles. The highest BCUT2D eigenvalue weighted by molar-refractivity contribution is 5.77. The topological polar surface area (TPSA) is 58.6 Å². The van der Waals surface area contributed by atoms with E-state index in [0.717, 1.165) is 36.1 Å². The quantitative estimate of drug-likeness (QED) is 0.865. The molecule has 0 bridgehead atoms. The summed E-state index contributed by atoms with van der Waals surface area (Å²) in [7, 11) is 0. The Labute approximate surface area is 120 Å². The van der Waals surface area contributed by atoms with Gasteiger partial charge in [-0.05, 0) is 43.9 Å². The van der Waals surface area contributed by atoms with Crippen molar-refractivity contribution >= 4 is 5.91 Å². The van der Waals surface area contributed by atoms with Crippen LogP contribution in [0.25, 0.3) is 0 Å². The molecule has 4 nitrogen and oxygen atoms in total. The zero-order valence-corrected chi connectivity index (χ0v) is 12.2. The van der Waals surface area contributed by atoms with Gasteiger partial charge in [0.15, 0.2) is 6.61 Å². The first-order chi connectivity index (χ1) is 9.56. The van der Waals surface area contributed by atoms with E-state index < -0.39 is 0 Å². The van der Waals surface area contributed by atoms with Crippen molar-refractivity contribution in [3.63, 3.8) is 0 Å². The van der Waals surface area contributed by atoms with Crippen molar-refractivity contribution < 1.29 is 14.6 Å². The van der Waals surface area contributed by atoms with E-state index in [1.54, 1.807) is 0 Å². The van der Waals surface area contributed by atoms with Gasteiger partial charge in [-0.2, -0.15) is 0 Å². The second kappa shape index (κ2) is 6.75. The smallest absolute Gasteiger partial charge is 0.257 e. The first-order valence-electron chi connectivity index (χ1n) is 7.21. The Kier molecular flexibility index (Phi) is 5.01. The predicted molar refractivity (Wildman–Crippen MR) is 77.8 cm³/mol. The Bertz CT molecular complexity index is 473. The van der Waals surface area contributed by atoms with E-state index in [-0.39, 0.29) is 24.5 Å². The molecule has 4 heteroatoms. The number of carbonyl (C=O) groups is 1. The number of aliphatic hydroxyl groups is 1. The number of hydrogen-bond donors (Lipinski definition) is 2. The third-order valence-corrected chi connectivity index (χ3v) is 3.88. The summed E-state index contributed by atoms with van der Waals surface area (Å²) >= 11 is 0. The SMILES string of the molecule is Cc1ccc(C)c(OCC(=O)NCC2CCCC2O)c1. The second-order valence-electron chi connectivity index (χ2n) is 5.62. The molecule has 1 amide bonds. The van der Waals surface area contributed by atoms with Crippen LogP contribution in [0.3, 0.4) is 0 Å². The first kappa shape index (κ1) is 14.9. The molecule has 0 spiro atoms. The minimum Gasteiger partial charge on any atom is -0.483 e. The third-order valence-electron chi connectivity index (χ3n) is 3.88. The van der Waals surface area contributed by atoms with E-state index in [2.05, 4.69) is 5.32 Å². The Hall–Kier alpha value is -1.55. The van der Waals surface area contributed by atoms with Gasteiger partial charge in [-0.15, -0.1) is 0 Å². The van der Waals surface area contributed by atoms with Gasteiger partial charge in [0.1, 0.15) is 5.75 Å². The summed E-state index contributed by atoms with van der Waals surface area (Å²) in [5, 5.41) is 12.5. The van der Waals surface area contributed by atoms with Crippen molar-refractivity contribution in [1.82, 2.24) is 5.32 Å². The minimum atomic E-state index is -0.268. The molecule has 2 N–H and O–H groups in total. The zero-order valence-electron chi connectivity index (χ0n) is 12.2. The molecule has 2 rings (SSSR count). The van der Waals surface area contributed by atoms with Crippen LogP contribution in [-0.2, 0) is 4.79 Å². The maximum Gasteiger partial charge on any atom is 0.257 e. The van der Waals surface area contributed by atoms with Crippen molar-refractivity contribution in [3.05, 3.63) is 29.3 Å². The fourth-order valence-electron chi connectivity index (χ4n) is 2.56. The summed E-state index contributed by atoms with van der Waals surface area (Å²) in [6.45, 7) is 4.51. The van der Waals surface area contributed by atoms with Gasteiger partial charge >= 0.3 is 0 Å². The molecule has 1 aromatic carbocycles. The number of hydrogen-bond acceptors (Lipinski definition) is 3. The molecule has 1 aromatic rings. The molecule has 2 unspecified atom stereocenters. The van der Waals surface area contributed by atoms with Gasteiger partial charge in [-0.1, -0.05) is 18.6 Å². The van der Waals surface area contributed by atoms with E-state index in [1.807, 2.05) is 32.0 Å². The monoisotopic (exact) mass is 277 g/mol. The number of benzene rings is 1. The predicted octanol–water partition coefficient (Wildman–Crippen LogP) is 1.96. The largest absolute Gasteiger partial charge is 0.483 e. The van der Waals surface area contributed by atoms with Crippen molar-refractivity contribution in [2.75, 3.05) is 13.2 Å². The number of carbonyl (C=O) groups excluding carboxylic acids is 1. The van der Waals surface area contributed by atoms with Gasteiger partial charge in [-0.25, -0.2) is 0 Å². The first-order valence-corrected chi connectivity index (χ1v) is 7.21. The van der Waals surface area contributed by atoms with Gasteiger partial charge in [0.2, 0.25) is 0 Å². The highest BCUT2D eigenvalue weighted by Gasteiger charge is 2.25. The van der Waals surface area contributed by atoms with E-state index in [1.165, 1.54) is 0 Å². The number of aliphatic hydroxyl groups excluding tert-OH is 1. The number of ether oxygens (including phenoxy) is 1. The highest BCUT2D eigenvalue weighted by Crippen LogP contribution is 2.24. The molecular weight excluding hydrogens is 254 g/mol. The average Bonchev–Trinajstić information content (AvgIpc) is 2.83. The summed E-state index contributed by atoms with van der Waals surface area (Å²) in [5.74, 6) is 0.811. The lowest BCUT2D eigenvalue weighted by Gasteiger charge is -2.15. The van der Waals surface area contributed by atoms with Gasteiger partial charge in [0, 0.05) is 12.5 Å². The Balaban J connectivity index is 1.76. The van der Waals surface area contributed by atoms with Crippen molar-refractivity contribution in [2.45, 2.75) is 39.2 Å². The maximum absolute atomic E-state index is 11.8. The molecule has 20 heavy (non-hydrogen) atoms. The van der Waals surface area contributed by atoms with Gasteiger partial charge < -0.3 is 15.2 Å². The number of amides is 1. The molecule has 2 atom stereocenters. The summed E-state index contributed by atoms with van der Waals surface area (Å²) in [6.07, 6.45) is 2.61. The molecule has 110 valence electrons. The molecular formula is C16H23NO3. The van der Waals surface area contributed by atoms with Crippen LogP contribution in [0.4, 0.5) is 0 Å². The second-order valence-corrected chi connectivity index (χ2v) is 5.62. The van der Waals surface area contributed by atoms with Gasteiger partial charge in [0.05, 0.1) is 6.10 Å². The van der Waals surface area contributed by atoms with Crippen molar-refractivity contribution in [3.8, 4) is 5.75 Å². The molecule has 1 fully saturated rings. The van der Waals surface area contributed by atoms with Crippen LogP contribution in [0.15, 0.2) is 18.2 Å². The standard InChI is InChI=1S/C16H23NO3/c1-11-6-7-12(2)15(8-11)20-10-16(19)17-9-13-4-3-5-14(13)18/h6-8,13-14,18H,3-5,9-10H2,1-2H3,(H,17,19). The average molecular weight is 277 g/mol. The normalized spacial score (nSPS) is 21.8. The third kappa shape index (κ3) is 3.97. The number of aryl methyl sites for hydroxylation is 2. The molecule has 1 aliphatic carbocycles. The molecule has 0 aromatic heterocycles. The van der Waals surface area contributed by atoms with Crippen LogP contribution in [0, 0.1) is 19.8 Å². The summed E-state index contributed by atoms with van der Waals surface area (Å²) < 4.78 is 5.55. The van der Waals surface area contributed by atoms with Crippen LogP contribution in [0.1, 0.15) is 30.4 Å². The van der Waals surface area contributed by atoms with Crippen LogP contribution < -0.4 is 10.1 Å².